The van der Waals surface area contributed by atoms with Crippen molar-refractivity contribution in [3.63, 3.8) is 0 Å². The van der Waals surface area contributed by atoms with Crippen LogP contribution in [-0.2, 0) is 0 Å². The van der Waals surface area contributed by atoms with Crippen molar-refractivity contribution in [2.75, 3.05) is 19.8 Å². The van der Waals surface area contributed by atoms with Gasteiger partial charge in [-0.3, -0.25) is 14.7 Å². The summed E-state index contributed by atoms with van der Waals surface area (Å²) in [6.45, 7) is 4.04. The van der Waals surface area contributed by atoms with E-state index in [1.165, 1.54) is 0 Å². The summed E-state index contributed by atoms with van der Waals surface area (Å²) in [5, 5.41) is 0. The van der Waals surface area contributed by atoms with Gasteiger partial charge in [0.2, 0.25) is 0 Å². The first-order valence-electron chi connectivity index (χ1n) is 5.91. The SMILES string of the molecule is CCC(CC)(C(=O)c1cnccc1N)N(C)C. The van der Waals surface area contributed by atoms with Crippen LogP contribution in [0.5, 0.6) is 0 Å². The first-order chi connectivity index (χ1) is 7.99. The van der Waals surface area contributed by atoms with Crippen molar-refractivity contribution in [3.8, 4) is 0 Å². The van der Waals surface area contributed by atoms with Crippen LogP contribution in [0.25, 0.3) is 0 Å². The van der Waals surface area contributed by atoms with Gasteiger partial charge in [0.1, 0.15) is 0 Å². The van der Waals surface area contributed by atoms with Crippen LogP contribution in [0.1, 0.15) is 37.0 Å². The third-order valence-corrected chi connectivity index (χ3v) is 3.55. The third kappa shape index (κ3) is 2.31. The summed E-state index contributed by atoms with van der Waals surface area (Å²) in [5.41, 5.74) is 6.38. The average molecular weight is 235 g/mol. The first-order valence-corrected chi connectivity index (χ1v) is 5.91. The summed E-state index contributed by atoms with van der Waals surface area (Å²) in [6, 6.07) is 1.67. The first kappa shape index (κ1) is 13.6. The van der Waals surface area contributed by atoms with E-state index in [4.69, 9.17) is 5.73 Å². The smallest absolute Gasteiger partial charge is 0.186 e. The lowest BCUT2D eigenvalue weighted by Gasteiger charge is -2.37. The molecule has 4 nitrogen and oxygen atoms in total. The van der Waals surface area contributed by atoms with Crippen molar-refractivity contribution >= 4 is 11.5 Å². The molecule has 0 amide bonds. The second-order valence-electron chi connectivity index (χ2n) is 4.43. The van der Waals surface area contributed by atoms with Gasteiger partial charge in [-0.15, -0.1) is 0 Å². The van der Waals surface area contributed by atoms with Gasteiger partial charge in [0.05, 0.1) is 11.1 Å². The molecule has 0 aliphatic heterocycles. The number of Topliss-reactive ketones (excluding diaryl/α,β-unsaturated/α-hetero) is 1. The normalized spacial score (nSPS) is 11.8. The Morgan fingerprint density at radius 2 is 2.00 bits per heavy atom. The molecule has 1 aromatic rings. The lowest BCUT2D eigenvalue weighted by atomic mass is 9.83. The van der Waals surface area contributed by atoms with Crippen LogP contribution in [0.3, 0.4) is 0 Å². The summed E-state index contributed by atoms with van der Waals surface area (Å²) in [6.07, 6.45) is 4.66. The van der Waals surface area contributed by atoms with Gasteiger partial charge in [-0.2, -0.15) is 0 Å². The van der Waals surface area contributed by atoms with Crippen LogP contribution in [0.4, 0.5) is 5.69 Å². The number of rotatable bonds is 5. The number of hydrogen-bond acceptors (Lipinski definition) is 4. The fourth-order valence-corrected chi connectivity index (χ4v) is 2.25. The van der Waals surface area contributed by atoms with Gasteiger partial charge >= 0.3 is 0 Å². The minimum Gasteiger partial charge on any atom is -0.398 e. The number of ketones is 1. The molecule has 17 heavy (non-hydrogen) atoms. The lowest BCUT2D eigenvalue weighted by Crippen LogP contribution is -2.50. The number of hydrogen-bond donors (Lipinski definition) is 1. The van der Waals surface area contributed by atoms with E-state index in [-0.39, 0.29) is 5.78 Å². The Balaban J connectivity index is 3.22. The van der Waals surface area contributed by atoms with Crippen LogP contribution in [-0.4, -0.2) is 35.3 Å². The zero-order valence-electron chi connectivity index (χ0n) is 11.0. The number of nitrogens with two attached hydrogens (primary N) is 1. The lowest BCUT2D eigenvalue weighted by molar-refractivity contribution is 0.0657. The summed E-state index contributed by atoms with van der Waals surface area (Å²) in [4.78, 5) is 18.6. The monoisotopic (exact) mass is 235 g/mol. The number of carbonyl (C=O) groups excluding carboxylic acids is 1. The molecule has 0 bridgehead atoms. The number of anilines is 1. The van der Waals surface area contributed by atoms with Crippen LogP contribution in [0, 0.1) is 0 Å². The molecule has 0 atom stereocenters. The number of nitrogen functional groups attached to an aromatic ring is 1. The Morgan fingerprint density at radius 3 is 2.41 bits per heavy atom. The van der Waals surface area contributed by atoms with Gasteiger partial charge in [0, 0.05) is 18.1 Å². The predicted octanol–water partition coefficient (Wildman–Crippen LogP) is 1.97. The molecule has 0 saturated heterocycles. The molecular formula is C13H21N3O. The molecule has 0 aliphatic carbocycles. The van der Waals surface area contributed by atoms with E-state index in [9.17, 15) is 4.79 Å². The maximum absolute atomic E-state index is 12.6. The van der Waals surface area contributed by atoms with Gasteiger partial charge < -0.3 is 5.73 Å². The molecule has 0 aliphatic rings. The zero-order chi connectivity index (χ0) is 13.1. The predicted molar refractivity (Wildman–Crippen MR) is 70.0 cm³/mol. The Hall–Kier alpha value is -1.42. The van der Waals surface area contributed by atoms with Crippen LogP contribution in [0.2, 0.25) is 0 Å². The molecule has 0 saturated carbocycles. The molecular weight excluding hydrogens is 214 g/mol. The maximum Gasteiger partial charge on any atom is 0.186 e. The number of nitrogens with zero attached hydrogens (tertiary/aromatic N) is 2. The second-order valence-corrected chi connectivity index (χ2v) is 4.43. The minimum atomic E-state index is -0.489. The second kappa shape index (κ2) is 5.27. The Kier molecular flexibility index (Phi) is 4.23. The highest BCUT2D eigenvalue weighted by Gasteiger charge is 2.38. The molecule has 0 fully saturated rings. The van der Waals surface area contributed by atoms with E-state index in [0.29, 0.717) is 11.3 Å². The standard InChI is InChI=1S/C13H21N3O/c1-5-13(6-2,16(3)4)12(17)10-9-15-8-7-11(10)14/h7-9H,5-6H2,1-4H3,(H2,14,15). The number of pyridine rings is 1. The van der Waals surface area contributed by atoms with Crippen molar-refractivity contribution < 1.29 is 4.79 Å². The summed E-state index contributed by atoms with van der Waals surface area (Å²) in [5.74, 6) is 0.0538. The van der Waals surface area contributed by atoms with Gasteiger partial charge in [-0.1, -0.05) is 13.8 Å². The van der Waals surface area contributed by atoms with E-state index in [1.54, 1.807) is 18.5 Å². The van der Waals surface area contributed by atoms with Crippen molar-refractivity contribution in [1.29, 1.82) is 0 Å². The van der Waals surface area contributed by atoms with Crippen molar-refractivity contribution in [2.45, 2.75) is 32.2 Å². The van der Waals surface area contributed by atoms with Gasteiger partial charge in [0.15, 0.2) is 5.78 Å². The Morgan fingerprint density at radius 1 is 1.41 bits per heavy atom. The zero-order valence-corrected chi connectivity index (χ0v) is 11.0. The molecule has 0 spiro atoms. The van der Waals surface area contributed by atoms with E-state index in [1.807, 2.05) is 32.8 Å². The summed E-state index contributed by atoms with van der Waals surface area (Å²) < 4.78 is 0. The number of aromatic nitrogens is 1. The van der Waals surface area contributed by atoms with E-state index >= 15 is 0 Å². The van der Waals surface area contributed by atoms with Crippen LogP contribution >= 0.6 is 0 Å². The molecule has 1 aromatic heterocycles. The van der Waals surface area contributed by atoms with Gasteiger partial charge in [0.25, 0.3) is 0 Å². The molecule has 1 heterocycles. The van der Waals surface area contributed by atoms with E-state index in [2.05, 4.69) is 4.98 Å². The van der Waals surface area contributed by atoms with E-state index in [0.717, 1.165) is 12.8 Å². The van der Waals surface area contributed by atoms with Crippen LogP contribution in [0.15, 0.2) is 18.5 Å². The fraction of sp³-hybridized carbons (Fsp3) is 0.538. The molecule has 1 rings (SSSR count). The molecule has 0 radical (unpaired) electrons. The third-order valence-electron chi connectivity index (χ3n) is 3.55. The molecule has 0 aromatic carbocycles. The summed E-state index contributed by atoms with van der Waals surface area (Å²) in [7, 11) is 3.86. The fourth-order valence-electron chi connectivity index (χ4n) is 2.25. The highest BCUT2D eigenvalue weighted by atomic mass is 16.1. The maximum atomic E-state index is 12.6. The highest BCUT2D eigenvalue weighted by molar-refractivity contribution is 6.06. The van der Waals surface area contributed by atoms with Gasteiger partial charge in [-0.05, 0) is 33.0 Å². The van der Waals surface area contributed by atoms with Crippen LogP contribution < -0.4 is 5.73 Å². The largest absolute Gasteiger partial charge is 0.398 e. The quantitative estimate of drug-likeness (QED) is 0.793. The topological polar surface area (TPSA) is 59.2 Å². The van der Waals surface area contributed by atoms with Crippen molar-refractivity contribution in [3.05, 3.63) is 24.0 Å². The molecule has 94 valence electrons. The highest BCUT2D eigenvalue weighted by Crippen LogP contribution is 2.28. The van der Waals surface area contributed by atoms with Gasteiger partial charge in [-0.25, -0.2) is 0 Å². The number of likely N-dealkylation sites (N-methyl/N-ethyl adjacent to an activating group) is 1. The number of carbonyl (C=O) groups is 1. The molecule has 2 N–H and O–H groups in total. The Bertz CT molecular complexity index is 397. The minimum absolute atomic E-state index is 0.0538. The van der Waals surface area contributed by atoms with Crippen molar-refractivity contribution in [2.24, 2.45) is 0 Å². The molecule has 4 heteroatoms. The van der Waals surface area contributed by atoms with E-state index < -0.39 is 5.54 Å². The van der Waals surface area contributed by atoms with Crippen molar-refractivity contribution in [1.82, 2.24) is 9.88 Å². The average Bonchev–Trinajstić information content (AvgIpc) is 2.31. The summed E-state index contributed by atoms with van der Waals surface area (Å²) >= 11 is 0. The Labute approximate surface area is 103 Å². The molecule has 0 unspecified atom stereocenters.